The van der Waals surface area contributed by atoms with Gasteiger partial charge in [-0.15, -0.1) is 0 Å². The van der Waals surface area contributed by atoms with Crippen LogP contribution in [-0.4, -0.2) is 22.6 Å². The molecule has 0 unspecified atom stereocenters. The van der Waals surface area contributed by atoms with E-state index in [0.29, 0.717) is 18.6 Å². The average Bonchev–Trinajstić information content (AvgIpc) is 2.94. The monoisotopic (exact) mass is 310 g/mol. The molecule has 3 aromatic rings. The molecule has 0 saturated heterocycles. The highest BCUT2D eigenvalue weighted by Gasteiger charge is 2.08. The summed E-state index contributed by atoms with van der Waals surface area (Å²) in [7, 11) is 3.56. The molecule has 1 aromatic heterocycles. The van der Waals surface area contributed by atoms with E-state index in [9.17, 15) is 4.79 Å². The van der Waals surface area contributed by atoms with Crippen LogP contribution >= 0.6 is 0 Å². The van der Waals surface area contributed by atoms with E-state index in [4.69, 9.17) is 9.47 Å². The van der Waals surface area contributed by atoms with Gasteiger partial charge in [0.2, 0.25) is 0 Å². The standard InChI is InChI=1S/C18H18N2O3/c1-20-12-19-16-11-15(8-9-17(16)20)23-18(21)10-5-13-3-6-14(22-2)7-4-13/h3-4,6-9,11-12H,5,10H2,1-2H3. The van der Waals surface area contributed by atoms with E-state index in [-0.39, 0.29) is 5.97 Å². The smallest absolute Gasteiger partial charge is 0.311 e. The predicted octanol–water partition coefficient (Wildman–Crippen LogP) is 3.12. The number of imidazole rings is 1. The largest absolute Gasteiger partial charge is 0.497 e. The summed E-state index contributed by atoms with van der Waals surface area (Å²) < 4.78 is 12.4. The van der Waals surface area contributed by atoms with Gasteiger partial charge in [-0.1, -0.05) is 12.1 Å². The van der Waals surface area contributed by atoms with Gasteiger partial charge in [0, 0.05) is 19.5 Å². The van der Waals surface area contributed by atoms with E-state index < -0.39 is 0 Å². The Morgan fingerprint density at radius 1 is 1.13 bits per heavy atom. The zero-order chi connectivity index (χ0) is 16.2. The molecule has 0 spiro atoms. The van der Waals surface area contributed by atoms with Crippen LogP contribution in [0.1, 0.15) is 12.0 Å². The zero-order valence-corrected chi connectivity index (χ0v) is 13.2. The summed E-state index contributed by atoms with van der Waals surface area (Å²) in [6.45, 7) is 0. The Morgan fingerprint density at radius 2 is 1.87 bits per heavy atom. The molecular formula is C18H18N2O3. The maximum atomic E-state index is 12.0. The van der Waals surface area contributed by atoms with E-state index in [0.717, 1.165) is 22.3 Å². The molecular weight excluding hydrogens is 292 g/mol. The third-order valence-electron chi connectivity index (χ3n) is 3.71. The van der Waals surface area contributed by atoms with Gasteiger partial charge in [-0.3, -0.25) is 4.79 Å². The second-order valence-corrected chi connectivity index (χ2v) is 5.33. The summed E-state index contributed by atoms with van der Waals surface area (Å²) in [4.78, 5) is 16.2. The Hall–Kier alpha value is -2.82. The van der Waals surface area contributed by atoms with E-state index in [2.05, 4.69) is 4.98 Å². The fourth-order valence-electron chi connectivity index (χ4n) is 2.40. The minimum absolute atomic E-state index is 0.254. The second-order valence-electron chi connectivity index (χ2n) is 5.33. The topological polar surface area (TPSA) is 53.4 Å². The number of rotatable bonds is 5. The Kier molecular flexibility index (Phi) is 4.28. The quantitative estimate of drug-likeness (QED) is 0.537. The van der Waals surface area contributed by atoms with Crippen molar-refractivity contribution >= 4 is 17.0 Å². The van der Waals surface area contributed by atoms with E-state index in [1.165, 1.54) is 0 Å². The highest BCUT2D eigenvalue weighted by molar-refractivity contribution is 5.79. The van der Waals surface area contributed by atoms with E-state index in [1.54, 1.807) is 25.6 Å². The first-order valence-electron chi connectivity index (χ1n) is 7.40. The first-order valence-corrected chi connectivity index (χ1v) is 7.40. The SMILES string of the molecule is COc1ccc(CCC(=O)Oc2ccc3c(c2)ncn3C)cc1. The molecule has 0 N–H and O–H groups in total. The van der Waals surface area contributed by atoms with Gasteiger partial charge in [0.25, 0.3) is 0 Å². The minimum atomic E-state index is -0.254. The van der Waals surface area contributed by atoms with Crippen molar-refractivity contribution in [1.29, 1.82) is 0 Å². The van der Waals surface area contributed by atoms with Crippen LogP contribution in [0.5, 0.6) is 11.5 Å². The van der Waals surface area contributed by atoms with E-state index in [1.807, 2.05) is 41.9 Å². The predicted molar refractivity (Wildman–Crippen MR) is 87.7 cm³/mol. The van der Waals surface area contributed by atoms with Gasteiger partial charge in [-0.05, 0) is 36.2 Å². The molecule has 0 aliphatic rings. The summed E-state index contributed by atoms with van der Waals surface area (Å²) in [5, 5.41) is 0. The molecule has 0 fully saturated rings. The number of carbonyl (C=O) groups excluding carboxylic acids is 1. The van der Waals surface area contributed by atoms with Crippen LogP contribution in [0, 0.1) is 0 Å². The number of hydrogen-bond acceptors (Lipinski definition) is 4. The summed E-state index contributed by atoms with van der Waals surface area (Å²) in [5.74, 6) is 1.08. The molecule has 118 valence electrons. The van der Waals surface area contributed by atoms with Crippen LogP contribution in [-0.2, 0) is 18.3 Å². The number of benzene rings is 2. The number of esters is 1. The number of ether oxygens (including phenoxy) is 2. The van der Waals surface area contributed by atoms with Crippen LogP contribution < -0.4 is 9.47 Å². The molecule has 0 atom stereocenters. The lowest BCUT2D eigenvalue weighted by atomic mass is 10.1. The molecule has 23 heavy (non-hydrogen) atoms. The van der Waals surface area contributed by atoms with Crippen LogP contribution in [0.15, 0.2) is 48.8 Å². The maximum absolute atomic E-state index is 12.0. The normalized spacial score (nSPS) is 10.7. The third kappa shape index (κ3) is 3.51. The molecule has 5 heteroatoms. The minimum Gasteiger partial charge on any atom is -0.497 e. The number of aryl methyl sites for hydroxylation is 2. The Labute approximate surface area is 134 Å². The van der Waals surface area contributed by atoms with Gasteiger partial charge in [-0.2, -0.15) is 0 Å². The van der Waals surface area contributed by atoms with Crippen molar-refractivity contribution in [2.45, 2.75) is 12.8 Å². The van der Waals surface area contributed by atoms with Crippen molar-refractivity contribution in [3.8, 4) is 11.5 Å². The fourth-order valence-corrected chi connectivity index (χ4v) is 2.40. The number of nitrogens with zero attached hydrogens (tertiary/aromatic N) is 2. The van der Waals surface area contributed by atoms with Gasteiger partial charge in [0.1, 0.15) is 11.5 Å². The lowest BCUT2D eigenvalue weighted by Gasteiger charge is -2.05. The highest BCUT2D eigenvalue weighted by atomic mass is 16.5. The molecule has 0 radical (unpaired) electrons. The first kappa shape index (κ1) is 15.1. The molecule has 3 rings (SSSR count). The maximum Gasteiger partial charge on any atom is 0.311 e. The van der Waals surface area contributed by atoms with Crippen molar-refractivity contribution in [3.05, 3.63) is 54.4 Å². The molecule has 0 aliphatic heterocycles. The lowest BCUT2D eigenvalue weighted by molar-refractivity contribution is -0.134. The van der Waals surface area contributed by atoms with Gasteiger partial charge < -0.3 is 14.0 Å². The van der Waals surface area contributed by atoms with Crippen molar-refractivity contribution in [2.75, 3.05) is 7.11 Å². The molecule has 0 bridgehead atoms. The number of methoxy groups -OCH3 is 1. The lowest BCUT2D eigenvalue weighted by Crippen LogP contribution is -2.09. The summed E-state index contributed by atoms with van der Waals surface area (Å²) in [6.07, 6.45) is 2.70. The number of fused-ring (bicyclic) bond motifs is 1. The summed E-state index contributed by atoms with van der Waals surface area (Å²) >= 11 is 0. The Bertz CT molecular complexity index is 822. The summed E-state index contributed by atoms with van der Waals surface area (Å²) in [6, 6.07) is 13.1. The third-order valence-corrected chi connectivity index (χ3v) is 3.71. The second kappa shape index (κ2) is 6.52. The van der Waals surface area contributed by atoms with Crippen LogP contribution in [0.2, 0.25) is 0 Å². The van der Waals surface area contributed by atoms with Crippen LogP contribution in [0.3, 0.4) is 0 Å². The van der Waals surface area contributed by atoms with Gasteiger partial charge in [0.15, 0.2) is 0 Å². The van der Waals surface area contributed by atoms with Crippen molar-refractivity contribution in [2.24, 2.45) is 7.05 Å². The molecule has 1 heterocycles. The molecule has 0 amide bonds. The first-order chi connectivity index (χ1) is 11.2. The molecule has 5 nitrogen and oxygen atoms in total. The van der Waals surface area contributed by atoms with Crippen molar-refractivity contribution in [3.63, 3.8) is 0 Å². The van der Waals surface area contributed by atoms with E-state index >= 15 is 0 Å². The van der Waals surface area contributed by atoms with Crippen molar-refractivity contribution in [1.82, 2.24) is 9.55 Å². The van der Waals surface area contributed by atoms with Gasteiger partial charge in [-0.25, -0.2) is 4.98 Å². The fraction of sp³-hybridized carbons (Fsp3) is 0.222. The number of carbonyl (C=O) groups is 1. The molecule has 2 aromatic carbocycles. The van der Waals surface area contributed by atoms with Crippen LogP contribution in [0.25, 0.3) is 11.0 Å². The zero-order valence-electron chi connectivity index (χ0n) is 13.2. The van der Waals surface area contributed by atoms with Gasteiger partial charge >= 0.3 is 5.97 Å². The highest BCUT2D eigenvalue weighted by Crippen LogP contribution is 2.20. The van der Waals surface area contributed by atoms with Crippen molar-refractivity contribution < 1.29 is 14.3 Å². The number of aromatic nitrogens is 2. The Balaban J connectivity index is 1.59. The summed E-state index contributed by atoms with van der Waals surface area (Å²) in [5.41, 5.74) is 2.89. The average molecular weight is 310 g/mol. The number of hydrogen-bond donors (Lipinski definition) is 0. The Morgan fingerprint density at radius 3 is 2.61 bits per heavy atom. The molecule has 0 aliphatic carbocycles. The van der Waals surface area contributed by atoms with Gasteiger partial charge in [0.05, 0.1) is 24.5 Å². The van der Waals surface area contributed by atoms with Crippen LogP contribution in [0.4, 0.5) is 0 Å². The molecule has 0 saturated carbocycles.